The topological polar surface area (TPSA) is 38.3 Å². The molecule has 14 heavy (non-hydrogen) atoms. The van der Waals surface area contributed by atoms with Gasteiger partial charge in [-0.1, -0.05) is 6.08 Å². The summed E-state index contributed by atoms with van der Waals surface area (Å²) in [6.45, 7) is 5.13. The molecule has 1 heterocycles. The van der Waals surface area contributed by atoms with Crippen molar-refractivity contribution in [3.05, 3.63) is 12.7 Å². The molecule has 0 aromatic rings. The molecule has 80 valence electrons. The molecule has 0 bridgehead atoms. The maximum absolute atomic E-state index is 11.4. The van der Waals surface area contributed by atoms with Crippen molar-refractivity contribution < 1.29 is 9.53 Å². The third kappa shape index (κ3) is 3.92. The number of allylic oxidation sites excluding steroid dienone is 1. The molecule has 3 heteroatoms. The summed E-state index contributed by atoms with van der Waals surface area (Å²) in [4.78, 5) is 11.4. The van der Waals surface area contributed by atoms with Gasteiger partial charge in [0.1, 0.15) is 6.04 Å². The molecule has 1 N–H and O–H groups in total. The van der Waals surface area contributed by atoms with Gasteiger partial charge >= 0.3 is 5.97 Å². The van der Waals surface area contributed by atoms with Gasteiger partial charge in [-0.2, -0.15) is 0 Å². The number of hydrogen-bond donors (Lipinski definition) is 1. The van der Waals surface area contributed by atoms with Crippen LogP contribution in [0.25, 0.3) is 0 Å². The minimum atomic E-state index is -0.0823. The number of unbranched alkanes of at least 4 members (excludes halogenated alkanes) is 2. The molecular weight excluding hydrogens is 178 g/mol. The smallest absolute Gasteiger partial charge is 0.323 e. The van der Waals surface area contributed by atoms with Crippen molar-refractivity contribution in [2.45, 2.75) is 38.1 Å². The van der Waals surface area contributed by atoms with Gasteiger partial charge in [0.15, 0.2) is 0 Å². The van der Waals surface area contributed by atoms with Crippen molar-refractivity contribution in [1.82, 2.24) is 5.32 Å². The predicted octanol–water partition coefficient (Wildman–Crippen LogP) is 1.64. The molecule has 0 aromatic carbocycles. The molecule has 0 aliphatic carbocycles. The average molecular weight is 197 g/mol. The number of rotatable bonds is 6. The minimum absolute atomic E-state index is 0.0468. The van der Waals surface area contributed by atoms with Crippen LogP contribution in [0.1, 0.15) is 32.1 Å². The van der Waals surface area contributed by atoms with E-state index in [1.807, 2.05) is 6.08 Å². The molecule has 1 atom stereocenters. The van der Waals surface area contributed by atoms with Crippen LogP contribution in [0, 0.1) is 0 Å². The Morgan fingerprint density at radius 1 is 1.57 bits per heavy atom. The van der Waals surface area contributed by atoms with Crippen LogP contribution in [0.4, 0.5) is 0 Å². The lowest BCUT2D eigenvalue weighted by Gasteiger charge is -2.09. The fourth-order valence-electron chi connectivity index (χ4n) is 1.55. The zero-order chi connectivity index (χ0) is 10.2. The lowest BCUT2D eigenvalue weighted by atomic mass is 10.2. The molecule has 1 saturated heterocycles. The lowest BCUT2D eigenvalue weighted by molar-refractivity contribution is -0.145. The summed E-state index contributed by atoms with van der Waals surface area (Å²) in [5.74, 6) is -0.0823. The number of carbonyl (C=O) groups is 1. The zero-order valence-corrected chi connectivity index (χ0v) is 8.63. The molecule has 3 nitrogen and oxygen atoms in total. The molecule has 1 aliphatic rings. The Bertz CT molecular complexity index is 186. The van der Waals surface area contributed by atoms with E-state index in [0.717, 1.165) is 38.6 Å². The van der Waals surface area contributed by atoms with Gasteiger partial charge in [-0.25, -0.2) is 0 Å². The van der Waals surface area contributed by atoms with E-state index in [2.05, 4.69) is 11.9 Å². The Hall–Kier alpha value is -0.830. The van der Waals surface area contributed by atoms with Crippen molar-refractivity contribution in [2.24, 2.45) is 0 Å². The summed E-state index contributed by atoms with van der Waals surface area (Å²) in [5, 5.41) is 3.12. The van der Waals surface area contributed by atoms with Crippen LogP contribution in [0.15, 0.2) is 12.7 Å². The van der Waals surface area contributed by atoms with E-state index in [4.69, 9.17) is 4.74 Å². The van der Waals surface area contributed by atoms with Crippen molar-refractivity contribution >= 4 is 5.97 Å². The zero-order valence-electron chi connectivity index (χ0n) is 8.63. The fourth-order valence-corrected chi connectivity index (χ4v) is 1.55. The Balaban J connectivity index is 2.00. The molecule has 1 unspecified atom stereocenters. The van der Waals surface area contributed by atoms with Gasteiger partial charge in [0, 0.05) is 0 Å². The van der Waals surface area contributed by atoms with Crippen molar-refractivity contribution in [3.63, 3.8) is 0 Å². The minimum Gasteiger partial charge on any atom is -0.465 e. The molecule has 0 radical (unpaired) electrons. The van der Waals surface area contributed by atoms with Crippen LogP contribution in [0.3, 0.4) is 0 Å². The van der Waals surface area contributed by atoms with Gasteiger partial charge < -0.3 is 10.1 Å². The molecule has 1 aliphatic heterocycles. The van der Waals surface area contributed by atoms with E-state index in [9.17, 15) is 4.79 Å². The SMILES string of the molecule is C=CCCCCOC(=O)C1CCCN1. The molecule has 0 amide bonds. The first-order chi connectivity index (χ1) is 6.84. The number of nitrogens with one attached hydrogen (secondary N) is 1. The highest BCUT2D eigenvalue weighted by molar-refractivity contribution is 5.76. The first-order valence-corrected chi connectivity index (χ1v) is 5.35. The molecule has 1 fully saturated rings. The second kappa shape index (κ2) is 6.60. The summed E-state index contributed by atoms with van der Waals surface area (Å²) in [5.41, 5.74) is 0. The molecule has 0 aromatic heterocycles. The summed E-state index contributed by atoms with van der Waals surface area (Å²) in [6.07, 6.45) is 6.88. The summed E-state index contributed by atoms with van der Waals surface area (Å²) >= 11 is 0. The van der Waals surface area contributed by atoms with E-state index in [1.54, 1.807) is 0 Å². The normalized spacial score (nSPS) is 20.7. The Morgan fingerprint density at radius 2 is 2.43 bits per heavy atom. The Morgan fingerprint density at radius 3 is 3.07 bits per heavy atom. The van der Waals surface area contributed by atoms with E-state index in [-0.39, 0.29) is 12.0 Å². The quantitative estimate of drug-likeness (QED) is 0.399. The summed E-state index contributed by atoms with van der Waals surface area (Å²) < 4.78 is 5.14. The predicted molar refractivity (Wildman–Crippen MR) is 56.0 cm³/mol. The highest BCUT2D eigenvalue weighted by Gasteiger charge is 2.22. The average Bonchev–Trinajstić information content (AvgIpc) is 2.70. The number of hydrogen-bond acceptors (Lipinski definition) is 3. The highest BCUT2D eigenvalue weighted by atomic mass is 16.5. The van der Waals surface area contributed by atoms with Gasteiger partial charge in [-0.3, -0.25) is 4.79 Å². The number of esters is 1. The standard InChI is InChI=1S/C11H19NO2/c1-2-3-4-5-9-14-11(13)10-7-6-8-12-10/h2,10,12H,1,3-9H2. The monoisotopic (exact) mass is 197 g/mol. The second-order valence-corrected chi connectivity index (χ2v) is 3.60. The Kier molecular flexibility index (Phi) is 5.30. The third-order valence-electron chi connectivity index (χ3n) is 2.39. The van der Waals surface area contributed by atoms with E-state index in [0.29, 0.717) is 6.61 Å². The third-order valence-corrected chi connectivity index (χ3v) is 2.39. The van der Waals surface area contributed by atoms with Gasteiger partial charge in [-0.05, 0) is 38.6 Å². The maximum Gasteiger partial charge on any atom is 0.323 e. The van der Waals surface area contributed by atoms with Crippen LogP contribution in [-0.2, 0) is 9.53 Å². The van der Waals surface area contributed by atoms with Gasteiger partial charge in [0.25, 0.3) is 0 Å². The van der Waals surface area contributed by atoms with Crippen molar-refractivity contribution in [1.29, 1.82) is 0 Å². The molecule has 1 rings (SSSR count). The molecule has 0 saturated carbocycles. The number of carbonyl (C=O) groups excluding carboxylic acids is 1. The number of ether oxygens (including phenoxy) is 1. The first kappa shape index (κ1) is 11.2. The van der Waals surface area contributed by atoms with Crippen LogP contribution < -0.4 is 5.32 Å². The van der Waals surface area contributed by atoms with Gasteiger partial charge in [0.2, 0.25) is 0 Å². The van der Waals surface area contributed by atoms with Crippen LogP contribution in [0.2, 0.25) is 0 Å². The summed E-state index contributed by atoms with van der Waals surface area (Å²) in [7, 11) is 0. The van der Waals surface area contributed by atoms with Crippen LogP contribution in [-0.4, -0.2) is 25.2 Å². The van der Waals surface area contributed by atoms with E-state index >= 15 is 0 Å². The highest BCUT2D eigenvalue weighted by Crippen LogP contribution is 2.07. The van der Waals surface area contributed by atoms with Crippen LogP contribution >= 0.6 is 0 Å². The van der Waals surface area contributed by atoms with Crippen molar-refractivity contribution in [2.75, 3.05) is 13.2 Å². The van der Waals surface area contributed by atoms with Crippen molar-refractivity contribution in [3.8, 4) is 0 Å². The lowest BCUT2D eigenvalue weighted by Crippen LogP contribution is -2.32. The molecule has 0 spiro atoms. The van der Waals surface area contributed by atoms with E-state index < -0.39 is 0 Å². The second-order valence-electron chi connectivity index (χ2n) is 3.60. The van der Waals surface area contributed by atoms with Crippen LogP contribution in [0.5, 0.6) is 0 Å². The first-order valence-electron chi connectivity index (χ1n) is 5.35. The van der Waals surface area contributed by atoms with Gasteiger partial charge in [0.05, 0.1) is 6.61 Å². The Labute approximate surface area is 85.5 Å². The van der Waals surface area contributed by atoms with Gasteiger partial charge in [-0.15, -0.1) is 6.58 Å². The maximum atomic E-state index is 11.4. The largest absolute Gasteiger partial charge is 0.465 e. The fraction of sp³-hybridized carbons (Fsp3) is 0.727. The molecular formula is C11H19NO2. The summed E-state index contributed by atoms with van der Waals surface area (Å²) in [6, 6.07) is -0.0468. The van der Waals surface area contributed by atoms with E-state index in [1.165, 1.54) is 0 Å².